The number of benzene rings is 1. The van der Waals surface area contributed by atoms with Crippen LogP contribution in [0.15, 0.2) is 17.7 Å². The van der Waals surface area contributed by atoms with Gasteiger partial charge < -0.3 is 15.2 Å². The van der Waals surface area contributed by atoms with E-state index in [9.17, 15) is 4.79 Å². The summed E-state index contributed by atoms with van der Waals surface area (Å²) in [6.07, 6.45) is 3.30. The van der Waals surface area contributed by atoms with Crippen LogP contribution >= 0.6 is 0 Å². The van der Waals surface area contributed by atoms with Crippen molar-refractivity contribution in [3.63, 3.8) is 0 Å². The van der Waals surface area contributed by atoms with Crippen molar-refractivity contribution in [1.82, 2.24) is 0 Å². The Bertz CT molecular complexity index is 492. The molecule has 1 aromatic rings. The molecule has 2 N–H and O–H groups in total. The summed E-state index contributed by atoms with van der Waals surface area (Å²) in [6, 6.07) is 3.82. The summed E-state index contributed by atoms with van der Waals surface area (Å²) < 4.78 is 10.5. The molecule has 4 heteroatoms. The molecular formula is C13H15NO3. The van der Waals surface area contributed by atoms with E-state index in [2.05, 4.69) is 0 Å². The van der Waals surface area contributed by atoms with Gasteiger partial charge in [-0.25, -0.2) is 0 Å². The molecule has 17 heavy (non-hydrogen) atoms. The number of carbonyl (C=O) groups is 1. The normalized spacial score (nSPS) is 13.6. The molecule has 1 amide bonds. The number of rotatable bonds is 3. The van der Waals surface area contributed by atoms with Crippen LogP contribution in [0.25, 0.3) is 6.08 Å². The van der Waals surface area contributed by atoms with Gasteiger partial charge in [0.25, 0.3) is 0 Å². The molecular weight excluding hydrogens is 218 g/mol. The molecule has 0 heterocycles. The van der Waals surface area contributed by atoms with Crippen molar-refractivity contribution < 1.29 is 14.3 Å². The van der Waals surface area contributed by atoms with Crippen molar-refractivity contribution in [1.29, 1.82) is 0 Å². The maximum Gasteiger partial charge on any atom is 0.244 e. The largest absolute Gasteiger partial charge is 0.493 e. The molecule has 0 radical (unpaired) electrons. The van der Waals surface area contributed by atoms with Gasteiger partial charge in [0.05, 0.1) is 14.2 Å². The average molecular weight is 233 g/mol. The lowest BCUT2D eigenvalue weighted by Crippen LogP contribution is -2.16. The molecule has 0 saturated carbocycles. The standard InChI is InChI=1S/C13H15NO3/c1-16-11-6-8-3-4-9(13(14)15)5-10(8)7-12(11)17-2/h5-7H,3-4H2,1-2H3,(H2,14,15). The Morgan fingerprint density at radius 2 is 1.82 bits per heavy atom. The second-order valence-electron chi connectivity index (χ2n) is 3.94. The highest BCUT2D eigenvalue weighted by Gasteiger charge is 2.17. The van der Waals surface area contributed by atoms with Crippen LogP contribution in [0.1, 0.15) is 17.5 Å². The van der Waals surface area contributed by atoms with Gasteiger partial charge in [0.2, 0.25) is 5.91 Å². The zero-order valence-electron chi connectivity index (χ0n) is 9.95. The third-order valence-corrected chi connectivity index (χ3v) is 2.96. The molecule has 2 rings (SSSR count). The van der Waals surface area contributed by atoms with E-state index in [1.165, 1.54) is 0 Å². The number of aryl methyl sites for hydroxylation is 1. The smallest absolute Gasteiger partial charge is 0.244 e. The number of carbonyl (C=O) groups excluding carboxylic acids is 1. The molecule has 4 nitrogen and oxygen atoms in total. The highest BCUT2D eigenvalue weighted by Crippen LogP contribution is 2.34. The zero-order valence-corrected chi connectivity index (χ0v) is 9.95. The lowest BCUT2D eigenvalue weighted by Gasteiger charge is -2.17. The number of primary amides is 1. The molecule has 0 aromatic heterocycles. The average Bonchev–Trinajstić information content (AvgIpc) is 2.36. The molecule has 0 saturated heterocycles. The Hall–Kier alpha value is -1.97. The quantitative estimate of drug-likeness (QED) is 0.861. The molecule has 0 aliphatic heterocycles. The SMILES string of the molecule is COc1cc2c(cc1OC)CCC(C(N)=O)=C2. The van der Waals surface area contributed by atoms with E-state index < -0.39 is 0 Å². The van der Waals surface area contributed by atoms with Crippen LogP contribution in [-0.2, 0) is 11.2 Å². The molecule has 0 spiro atoms. The number of amides is 1. The van der Waals surface area contributed by atoms with Crippen LogP contribution in [0.2, 0.25) is 0 Å². The predicted molar refractivity (Wildman–Crippen MR) is 65.0 cm³/mol. The van der Waals surface area contributed by atoms with E-state index >= 15 is 0 Å². The Morgan fingerprint density at radius 1 is 1.18 bits per heavy atom. The van der Waals surface area contributed by atoms with Crippen molar-refractivity contribution in [2.45, 2.75) is 12.8 Å². The van der Waals surface area contributed by atoms with Crippen LogP contribution in [0, 0.1) is 0 Å². The van der Waals surface area contributed by atoms with E-state index in [1.54, 1.807) is 14.2 Å². The van der Waals surface area contributed by atoms with Gasteiger partial charge in [-0.2, -0.15) is 0 Å². The maximum atomic E-state index is 11.1. The number of fused-ring (bicyclic) bond motifs is 1. The van der Waals surface area contributed by atoms with E-state index in [4.69, 9.17) is 15.2 Å². The predicted octanol–water partition coefficient (Wildman–Crippen LogP) is 1.52. The molecule has 0 atom stereocenters. The second-order valence-corrected chi connectivity index (χ2v) is 3.94. The summed E-state index contributed by atoms with van der Waals surface area (Å²) in [5.41, 5.74) is 8.07. The minimum Gasteiger partial charge on any atom is -0.493 e. The molecule has 90 valence electrons. The van der Waals surface area contributed by atoms with Gasteiger partial charge in [-0.1, -0.05) is 0 Å². The Labute approximate surface area is 100 Å². The highest BCUT2D eigenvalue weighted by molar-refractivity contribution is 5.97. The van der Waals surface area contributed by atoms with Gasteiger partial charge in [0.15, 0.2) is 11.5 Å². The molecule has 1 aliphatic rings. The van der Waals surface area contributed by atoms with E-state index in [0.717, 1.165) is 17.5 Å². The topological polar surface area (TPSA) is 61.6 Å². The fraction of sp³-hybridized carbons (Fsp3) is 0.308. The van der Waals surface area contributed by atoms with Crippen LogP contribution in [-0.4, -0.2) is 20.1 Å². The van der Waals surface area contributed by atoms with Crippen LogP contribution in [0.5, 0.6) is 11.5 Å². The van der Waals surface area contributed by atoms with Crippen LogP contribution in [0.3, 0.4) is 0 Å². The van der Waals surface area contributed by atoms with E-state index in [1.807, 2.05) is 18.2 Å². The Kier molecular flexibility index (Phi) is 3.04. The number of nitrogens with two attached hydrogens (primary N) is 1. The Balaban J connectivity index is 2.49. The van der Waals surface area contributed by atoms with Crippen LogP contribution < -0.4 is 15.2 Å². The van der Waals surface area contributed by atoms with Gasteiger partial charge in [-0.3, -0.25) is 4.79 Å². The van der Waals surface area contributed by atoms with Gasteiger partial charge >= 0.3 is 0 Å². The van der Waals surface area contributed by atoms with Gasteiger partial charge in [-0.05, 0) is 42.2 Å². The zero-order chi connectivity index (χ0) is 12.4. The van der Waals surface area contributed by atoms with Crippen molar-refractivity contribution >= 4 is 12.0 Å². The first-order valence-electron chi connectivity index (χ1n) is 5.41. The summed E-state index contributed by atoms with van der Waals surface area (Å²) in [7, 11) is 3.20. The monoisotopic (exact) mass is 233 g/mol. The third kappa shape index (κ3) is 2.11. The molecule has 1 aromatic carbocycles. The number of ether oxygens (including phenoxy) is 2. The van der Waals surface area contributed by atoms with E-state index in [0.29, 0.717) is 23.5 Å². The molecule has 0 fully saturated rings. The number of methoxy groups -OCH3 is 2. The lowest BCUT2D eigenvalue weighted by molar-refractivity contribution is -0.114. The highest BCUT2D eigenvalue weighted by atomic mass is 16.5. The summed E-state index contributed by atoms with van der Waals surface area (Å²) in [6.45, 7) is 0. The maximum absolute atomic E-state index is 11.1. The van der Waals surface area contributed by atoms with Crippen molar-refractivity contribution in [2.75, 3.05) is 14.2 Å². The number of hydrogen-bond acceptors (Lipinski definition) is 3. The minimum absolute atomic E-state index is 0.356. The van der Waals surface area contributed by atoms with Crippen molar-refractivity contribution in [3.8, 4) is 11.5 Å². The summed E-state index contributed by atoms with van der Waals surface area (Å²) in [4.78, 5) is 11.1. The first kappa shape index (κ1) is 11.5. The fourth-order valence-electron chi connectivity index (χ4n) is 2.01. The van der Waals surface area contributed by atoms with Crippen molar-refractivity contribution in [2.24, 2.45) is 5.73 Å². The Morgan fingerprint density at radius 3 is 2.41 bits per heavy atom. The molecule has 0 bridgehead atoms. The summed E-state index contributed by atoms with van der Waals surface area (Å²) >= 11 is 0. The fourth-order valence-corrected chi connectivity index (χ4v) is 2.01. The second kappa shape index (κ2) is 4.49. The van der Waals surface area contributed by atoms with Gasteiger partial charge in [0, 0.05) is 5.57 Å². The lowest BCUT2D eigenvalue weighted by atomic mass is 9.91. The van der Waals surface area contributed by atoms with Gasteiger partial charge in [0.1, 0.15) is 0 Å². The van der Waals surface area contributed by atoms with Crippen LogP contribution in [0.4, 0.5) is 0 Å². The van der Waals surface area contributed by atoms with Crippen molar-refractivity contribution in [3.05, 3.63) is 28.8 Å². The summed E-state index contributed by atoms with van der Waals surface area (Å²) in [5, 5.41) is 0. The minimum atomic E-state index is -0.356. The first-order valence-corrected chi connectivity index (χ1v) is 5.41. The third-order valence-electron chi connectivity index (χ3n) is 2.96. The first-order chi connectivity index (χ1) is 8.15. The molecule has 0 unspecified atom stereocenters. The summed E-state index contributed by atoms with van der Waals surface area (Å²) in [5.74, 6) is 1.01. The molecule has 1 aliphatic carbocycles. The number of hydrogen-bond donors (Lipinski definition) is 1. The van der Waals surface area contributed by atoms with Gasteiger partial charge in [-0.15, -0.1) is 0 Å². The van der Waals surface area contributed by atoms with E-state index in [-0.39, 0.29) is 5.91 Å².